The highest BCUT2D eigenvalue weighted by Gasteiger charge is 2.58. The summed E-state index contributed by atoms with van der Waals surface area (Å²) in [6.07, 6.45) is 4.12. The maximum Gasteiger partial charge on any atom is 0.329 e. The van der Waals surface area contributed by atoms with E-state index in [1.807, 2.05) is 12.2 Å². The highest BCUT2D eigenvalue weighted by Crippen LogP contribution is 2.55. The van der Waals surface area contributed by atoms with Crippen molar-refractivity contribution in [2.75, 3.05) is 0 Å². The van der Waals surface area contributed by atoms with Crippen LogP contribution < -0.4 is 4.87 Å². The molecule has 0 saturated heterocycles. The first-order valence-corrected chi connectivity index (χ1v) is 5.59. The van der Waals surface area contributed by atoms with Crippen LogP contribution >= 0.6 is 22.9 Å². The van der Waals surface area contributed by atoms with Crippen LogP contribution in [0.4, 0.5) is 0 Å². The van der Waals surface area contributed by atoms with E-state index < -0.39 is 16.9 Å². The van der Waals surface area contributed by atoms with Crippen molar-refractivity contribution in [1.82, 2.24) is 4.57 Å². The molecule has 1 aliphatic heterocycles. The maximum atomic E-state index is 11.5. The van der Waals surface area contributed by atoms with Crippen molar-refractivity contribution < 1.29 is 9.90 Å². The summed E-state index contributed by atoms with van der Waals surface area (Å²) in [6.45, 7) is 0. The molecule has 3 rings (SSSR count). The summed E-state index contributed by atoms with van der Waals surface area (Å²) >= 11 is 7.32. The van der Waals surface area contributed by atoms with Crippen molar-refractivity contribution in [3.63, 3.8) is 0 Å². The first kappa shape index (κ1) is 9.18. The fourth-order valence-electron chi connectivity index (χ4n) is 2.27. The molecule has 0 aromatic carbocycles. The largest absolute Gasteiger partial charge is 0.480 e. The molecule has 0 bridgehead atoms. The minimum absolute atomic E-state index is 0.241. The van der Waals surface area contributed by atoms with Gasteiger partial charge in [-0.1, -0.05) is 17.4 Å². The minimum Gasteiger partial charge on any atom is -0.480 e. The Balaban J connectivity index is 2.33. The van der Waals surface area contributed by atoms with Crippen LogP contribution in [0.3, 0.4) is 0 Å². The van der Waals surface area contributed by atoms with Gasteiger partial charge in [0.1, 0.15) is 4.87 Å². The van der Waals surface area contributed by atoms with E-state index in [2.05, 4.69) is 0 Å². The second-order valence-corrected chi connectivity index (χ2v) is 5.33. The van der Waals surface area contributed by atoms with Gasteiger partial charge in [-0.15, -0.1) is 11.6 Å². The number of thiazole rings is 1. The summed E-state index contributed by atoms with van der Waals surface area (Å²) in [7, 11) is 0. The lowest BCUT2D eigenvalue weighted by atomic mass is 9.80. The number of carboxylic acids is 1. The van der Waals surface area contributed by atoms with Gasteiger partial charge in [0.05, 0.1) is 10.6 Å². The van der Waals surface area contributed by atoms with E-state index in [1.165, 1.54) is 4.57 Å². The van der Waals surface area contributed by atoms with Gasteiger partial charge in [-0.2, -0.15) is 0 Å². The van der Waals surface area contributed by atoms with Gasteiger partial charge >= 0.3 is 10.8 Å². The number of aromatic nitrogens is 1. The third-order valence-electron chi connectivity index (χ3n) is 2.87. The van der Waals surface area contributed by atoms with Gasteiger partial charge in [0.25, 0.3) is 0 Å². The molecule has 15 heavy (non-hydrogen) atoms. The third-order valence-corrected chi connectivity index (χ3v) is 4.33. The van der Waals surface area contributed by atoms with Crippen molar-refractivity contribution in [3.8, 4) is 0 Å². The van der Waals surface area contributed by atoms with Gasteiger partial charge in [-0.05, 0) is 12.5 Å². The highest BCUT2D eigenvalue weighted by molar-refractivity contribution is 7.10. The molecule has 4 nitrogen and oxygen atoms in total. The van der Waals surface area contributed by atoms with Crippen molar-refractivity contribution in [3.05, 3.63) is 26.3 Å². The van der Waals surface area contributed by atoms with Crippen molar-refractivity contribution in [2.45, 2.75) is 17.3 Å². The first-order chi connectivity index (χ1) is 7.05. The number of hydrogen-bond acceptors (Lipinski definition) is 3. The van der Waals surface area contributed by atoms with Crippen molar-refractivity contribution in [1.29, 1.82) is 0 Å². The van der Waals surface area contributed by atoms with Crippen molar-refractivity contribution in [2.24, 2.45) is 0 Å². The first-order valence-electron chi connectivity index (χ1n) is 4.40. The number of aliphatic carboxylic acids is 1. The normalized spacial score (nSPS) is 30.9. The Morgan fingerprint density at radius 2 is 2.47 bits per heavy atom. The van der Waals surface area contributed by atoms with Crippen LogP contribution in [0.5, 0.6) is 0 Å². The number of rotatable bonds is 1. The number of allylic oxidation sites excluding steroid dienone is 1. The molecule has 6 heteroatoms. The smallest absolute Gasteiger partial charge is 0.329 e. The molecular formula is C9H6ClNO3S. The highest BCUT2D eigenvalue weighted by atomic mass is 35.5. The molecule has 2 atom stereocenters. The fourth-order valence-corrected chi connectivity index (χ4v) is 3.83. The van der Waals surface area contributed by atoms with E-state index >= 15 is 0 Å². The monoisotopic (exact) mass is 243 g/mol. The number of carbonyl (C=O) groups is 1. The molecule has 0 saturated carbocycles. The summed E-state index contributed by atoms with van der Waals surface area (Å²) in [5.41, 5.74) is 0.675. The number of alkyl halides is 1. The van der Waals surface area contributed by atoms with Gasteiger partial charge in [0, 0.05) is 0 Å². The molecule has 0 amide bonds. The van der Waals surface area contributed by atoms with Crippen LogP contribution in [0.15, 0.2) is 10.9 Å². The lowest BCUT2D eigenvalue weighted by molar-refractivity contribution is -0.144. The standard InChI is InChI=1S/C9H6ClNO3S/c10-9-3-1-2-4-5(9)11(8(14)15-4)6(9)7(12)13/h1-2,6H,3H2,(H,12,13). The summed E-state index contributed by atoms with van der Waals surface area (Å²) in [4.78, 5) is 22.2. The molecule has 1 N–H and O–H groups in total. The Kier molecular flexibility index (Phi) is 1.55. The lowest BCUT2D eigenvalue weighted by Gasteiger charge is -2.44. The van der Waals surface area contributed by atoms with Crippen LogP contribution in [0.2, 0.25) is 0 Å². The topological polar surface area (TPSA) is 59.3 Å². The summed E-state index contributed by atoms with van der Waals surface area (Å²) in [5.74, 6) is -1.04. The predicted octanol–water partition coefficient (Wildman–Crippen LogP) is 1.40. The fraction of sp³-hybridized carbons (Fsp3) is 0.333. The summed E-state index contributed by atoms with van der Waals surface area (Å²) in [6, 6.07) is -0.920. The molecule has 1 aliphatic carbocycles. The number of carboxylic acid groups (broad SMARTS) is 1. The van der Waals surface area contributed by atoms with Crippen LogP contribution in [0.25, 0.3) is 6.08 Å². The Hall–Kier alpha value is -1.07. The molecule has 2 heterocycles. The van der Waals surface area contributed by atoms with E-state index in [0.29, 0.717) is 12.1 Å². The predicted molar refractivity (Wildman–Crippen MR) is 56.4 cm³/mol. The Morgan fingerprint density at radius 3 is 3.13 bits per heavy atom. The van der Waals surface area contributed by atoms with E-state index in [0.717, 1.165) is 16.2 Å². The zero-order valence-corrected chi connectivity index (χ0v) is 9.01. The van der Waals surface area contributed by atoms with Crippen LogP contribution in [0, 0.1) is 0 Å². The number of nitrogens with zero attached hydrogens (tertiary/aromatic N) is 1. The zero-order valence-electron chi connectivity index (χ0n) is 7.44. The summed E-state index contributed by atoms with van der Waals surface area (Å²) < 4.78 is 1.29. The Labute approximate surface area is 93.4 Å². The van der Waals surface area contributed by atoms with Crippen LogP contribution in [-0.2, 0) is 9.67 Å². The molecule has 2 aliphatic rings. The van der Waals surface area contributed by atoms with Crippen LogP contribution in [0.1, 0.15) is 23.0 Å². The van der Waals surface area contributed by atoms with Gasteiger partial charge in [-0.25, -0.2) is 4.79 Å². The zero-order chi connectivity index (χ0) is 10.8. The van der Waals surface area contributed by atoms with Gasteiger partial charge in [0.2, 0.25) is 0 Å². The van der Waals surface area contributed by atoms with Gasteiger partial charge in [0.15, 0.2) is 6.04 Å². The molecular weight excluding hydrogens is 238 g/mol. The molecule has 2 unspecified atom stereocenters. The molecule has 0 radical (unpaired) electrons. The molecule has 0 spiro atoms. The van der Waals surface area contributed by atoms with E-state index in [4.69, 9.17) is 16.7 Å². The second kappa shape index (κ2) is 2.54. The molecule has 0 fully saturated rings. The minimum atomic E-state index is -1.04. The quantitative estimate of drug-likeness (QED) is 0.759. The van der Waals surface area contributed by atoms with Crippen molar-refractivity contribution >= 4 is 35.0 Å². The second-order valence-electron chi connectivity index (χ2n) is 3.66. The van der Waals surface area contributed by atoms with E-state index in [-0.39, 0.29) is 4.87 Å². The molecule has 1 aromatic heterocycles. The van der Waals surface area contributed by atoms with E-state index in [9.17, 15) is 9.59 Å². The van der Waals surface area contributed by atoms with E-state index in [1.54, 1.807) is 0 Å². The van der Waals surface area contributed by atoms with Crippen LogP contribution in [-0.4, -0.2) is 15.6 Å². The average Bonchev–Trinajstić information content (AvgIpc) is 2.40. The van der Waals surface area contributed by atoms with Gasteiger partial charge < -0.3 is 5.11 Å². The Morgan fingerprint density at radius 1 is 1.73 bits per heavy atom. The molecule has 1 aromatic rings. The SMILES string of the molecule is O=C(O)C1n2c3c(sc2=O)C=CCC31Cl. The number of halogens is 1. The van der Waals surface area contributed by atoms with Gasteiger partial charge in [-0.3, -0.25) is 9.36 Å². The summed E-state index contributed by atoms with van der Waals surface area (Å²) in [5, 5.41) is 9.04. The third kappa shape index (κ3) is 0.879. The maximum absolute atomic E-state index is 11.5. The lowest BCUT2D eigenvalue weighted by Crippen LogP contribution is -2.52. The number of hydrogen-bond donors (Lipinski definition) is 1. The Bertz CT molecular complexity index is 558. The average molecular weight is 244 g/mol. The molecule has 78 valence electrons.